The topological polar surface area (TPSA) is 63.5 Å². The van der Waals surface area contributed by atoms with Crippen LogP contribution in [-0.2, 0) is 11.0 Å². The molecule has 0 spiro atoms. The Kier molecular flexibility index (Phi) is 3.85. The number of amides is 1. The zero-order chi connectivity index (χ0) is 16.6. The van der Waals surface area contributed by atoms with E-state index >= 15 is 0 Å². The molecule has 2 saturated heterocycles. The molecule has 0 saturated carbocycles. The Morgan fingerprint density at radius 1 is 1.26 bits per heavy atom. The van der Waals surface area contributed by atoms with Gasteiger partial charge in [0, 0.05) is 32.4 Å². The zero-order valence-electron chi connectivity index (χ0n) is 12.1. The highest BCUT2D eigenvalue weighted by atomic mass is 19.4. The van der Waals surface area contributed by atoms with Crippen LogP contribution in [0.15, 0.2) is 18.3 Å². The second-order valence-corrected chi connectivity index (χ2v) is 5.49. The number of rotatable bonds is 1. The van der Waals surface area contributed by atoms with E-state index in [4.69, 9.17) is 5.26 Å². The average Bonchev–Trinajstić information content (AvgIpc) is 2.54. The molecule has 9 heteroatoms. The minimum atomic E-state index is -4.48. The Morgan fingerprint density at radius 3 is 2.70 bits per heavy atom. The van der Waals surface area contributed by atoms with Crippen molar-refractivity contribution in [3.05, 3.63) is 23.9 Å². The summed E-state index contributed by atoms with van der Waals surface area (Å²) in [5, 5.41) is 8.97. The molecule has 3 heterocycles. The van der Waals surface area contributed by atoms with Crippen molar-refractivity contribution < 1.29 is 18.0 Å². The number of nitriles is 1. The van der Waals surface area contributed by atoms with Crippen molar-refractivity contribution in [3.63, 3.8) is 0 Å². The summed E-state index contributed by atoms with van der Waals surface area (Å²) in [6.45, 7) is 2.24. The number of hydrogen-bond donors (Lipinski definition) is 0. The van der Waals surface area contributed by atoms with Gasteiger partial charge in [-0.25, -0.2) is 4.98 Å². The number of pyridine rings is 1. The number of hydrogen-bond acceptors (Lipinski definition) is 5. The maximum Gasteiger partial charge on any atom is 0.416 e. The Balaban J connectivity index is 1.84. The summed E-state index contributed by atoms with van der Waals surface area (Å²) in [7, 11) is 0. The van der Waals surface area contributed by atoms with E-state index < -0.39 is 17.8 Å². The molecule has 1 atom stereocenters. The number of alkyl halides is 3. The summed E-state index contributed by atoms with van der Waals surface area (Å²) < 4.78 is 38.4. The monoisotopic (exact) mass is 325 g/mol. The van der Waals surface area contributed by atoms with Crippen molar-refractivity contribution in [1.82, 2.24) is 14.8 Å². The minimum Gasteiger partial charge on any atom is -0.307 e. The maximum absolute atomic E-state index is 12.8. The number of nitrogens with zero attached hydrogens (tertiary/aromatic N) is 5. The highest BCUT2D eigenvalue weighted by Crippen LogP contribution is 2.31. The Hall–Kier alpha value is -2.34. The van der Waals surface area contributed by atoms with Crippen molar-refractivity contribution >= 4 is 11.7 Å². The van der Waals surface area contributed by atoms with Gasteiger partial charge in [-0.05, 0) is 12.1 Å². The number of carbonyl (C=O) groups excluding carboxylic acids is 1. The lowest BCUT2D eigenvalue weighted by Crippen LogP contribution is -2.64. The third kappa shape index (κ3) is 2.94. The quantitative estimate of drug-likeness (QED) is 0.718. The van der Waals surface area contributed by atoms with E-state index in [1.165, 1.54) is 9.80 Å². The summed E-state index contributed by atoms with van der Waals surface area (Å²) in [6.07, 6.45) is -1.41. The van der Waals surface area contributed by atoms with Crippen molar-refractivity contribution in [2.45, 2.75) is 12.2 Å². The fourth-order valence-corrected chi connectivity index (χ4v) is 2.90. The molecule has 1 unspecified atom stereocenters. The number of fused-ring (bicyclic) bond motifs is 1. The highest BCUT2D eigenvalue weighted by molar-refractivity contribution is 5.97. The minimum absolute atomic E-state index is 0.00134. The number of anilines is 1. The second kappa shape index (κ2) is 5.70. The summed E-state index contributed by atoms with van der Waals surface area (Å²) in [6, 6.07) is 1.24. The molecule has 3 rings (SSSR count). The largest absolute Gasteiger partial charge is 0.416 e. The Labute approximate surface area is 130 Å². The van der Waals surface area contributed by atoms with Crippen LogP contribution in [0.1, 0.15) is 5.56 Å². The molecule has 0 radical (unpaired) electrons. The van der Waals surface area contributed by atoms with Crippen molar-refractivity contribution in [2.24, 2.45) is 0 Å². The van der Waals surface area contributed by atoms with Gasteiger partial charge < -0.3 is 4.90 Å². The number of carbonyl (C=O) groups is 1. The van der Waals surface area contributed by atoms with E-state index in [2.05, 4.69) is 4.98 Å². The van der Waals surface area contributed by atoms with Gasteiger partial charge in [0.1, 0.15) is 11.9 Å². The lowest BCUT2D eigenvalue weighted by Gasteiger charge is -2.44. The molecule has 0 aliphatic carbocycles. The summed E-state index contributed by atoms with van der Waals surface area (Å²) in [5.41, 5.74) is -0.833. The van der Waals surface area contributed by atoms with Gasteiger partial charge in [-0.3, -0.25) is 14.6 Å². The highest BCUT2D eigenvalue weighted by Gasteiger charge is 2.40. The lowest BCUT2D eigenvalue weighted by molar-refractivity contribution is -0.137. The molecule has 2 fully saturated rings. The van der Waals surface area contributed by atoms with Gasteiger partial charge in [-0.15, -0.1) is 0 Å². The molecule has 0 aromatic carbocycles. The number of aromatic nitrogens is 1. The van der Waals surface area contributed by atoms with Crippen molar-refractivity contribution in [2.75, 3.05) is 37.6 Å². The van der Waals surface area contributed by atoms with Gasteiger partial charge in [-0.1, -0.05) is 0 Å². The van der Waals surface area contributed by atoms with Crippen LogP contribution in [0, 0.1) is 11.5 Å². The summed E-state index contributed by atoms with van der Waals surface area (Å²) >= 11 is 0. The average molecular weight is 325 g/mol. The lowest BCUT2D eigenvalue weighted by atomic mass is 10.1. The fourth-order valence-electron chi connectivity index (χ4n) is 2.90. The standard InChI is InChI=1S/C14H14F3N5O/c15-14(16,17)10-1-2-19-12(7-10)22-6-5-21-4-3-20(9-18)8-11(21)13(22)23/h1-2,7,11H,3-6,8H2. The van der Waals surface area contributed by atoms with Crippen LogP contribution in [-0.4, -0.2) is 59.5 Å². The summed E-state index contributed by atoms with van der Waals surface area (Å²) in [4.78, 5) is 21.2. The van der Waals surface area contributed by atoms with Gasteiger partial charge in [0.2, 0.25) is 5.91 Å². The number of piperazine rings is 2. The van der Waals surface area contributed by atoms with Crippen molar-refractivity contribution in [1.29, 1.82) is 5.26 Å². The Bertz CT molecular complexity index is 657. The maximum atomic E-state index is 12.8. The normalized spacial score (nSPS) is 22.7. The van der Waals surface area contributed by atoms with Crippen LogP contribution in [0.3, 0.4) is 0 Å². The first-order valence-electron chi connectivity index (χ1n) is 7.13. The molecular formula is C14H14F3N5O. The Morgan fingerprint density at radius 2 is 2.00 bits per heavy atom. The van der Waals surface area contributed by atoms with Gasteiger partial charge in [0.05, 0.1) is 12.1 Å². The number of halogens is 3. The molecular weight excluding hydrogens is 311 g/mol. The molecule has 0 N–H and O–H groups in total. The predicted molar refractivity (Wildman–Crippen MR) is 74.1 cm³/mol. The van der Waals surface area contributed by atoms with Crippen LogP contribution in [0.4, 0.5) is 19.0 Å². The molecule has 1 aromatic rings. The van der Waals surface area contributed by atoms with E-state index in [1.807, 2.05) is 11.1 Å². The second-order valence-electron chi connectivity index (χ2n) is 5.49. The van der Waals surface area contributed by atoms with Crippen LogP contribution < -0.4 is 4.90 Å². The first-order valence-corrected chi connectivity index (χ1v) is 7.13. The van der Waals surface area contributed by atoms with E-state index in [1.54, 1.807) is 0 Å². The van der Waals surface area contributed by atoms with Gasteiger partial charge in [0.15, 0.2) is 6.19 Å². The summed E-state index contributed by atoms with van der Waals surface area (Å²) in [5.74, 6) is -0.318. The third-order valence-electron chi connectivity index (χ3n) is 4.14. The van der Waals surface area contributed by atoms with E-state index in [-0.39, 0.29) is 24.8 Å². The fraction of sp³-hybridized carbons (Fsp3) is 0.500. The molecule has 1 aromatic heterocycles. The molecule has 6 nitrogen and oxygen atoms in total. The molecule has 2 aliphatic heterocycles. The molecule has 0 bridgehead atoms. The zero-order valence-corrected chi connectivity index (χ0v) is 12.1. The van der Waals surface area contributed by atoms with Gasteiger partial charge in [-0.2, -0.15) is 18.4 Å². The van der Waals surface area contributed by atoms with Crippen LogP contribution in [0.25, 0.3) is 0 Å². The van der Waals surface area contributed by atoms with E-state index in [9.17, 15) is 18.0 Å². The molecule has 23 heavy (non-hydrogen) atoms. The molecule has 2 aliphatic rings. The van der Waals surface area contributed by atoms with Gasteiger partial charge >= 0.3 is 6.18 Å². The van der Waals surface area contributed by atoms with Crippen LogP contribution in [0.2, 0.25) is 0 Å². The predicted octanol–water partition coefficient (Wildman–Crippen LogP) is 0.914. The van der Waals surface area contributed by atoms with Gasteiger partial charge in [0.25, 0.3) is 0 Å². The smallest absolute Gasteiger partial charge is 0.307 e. The molecule has 122 valence electrons. The van der Waals surface area contributed by atoms with E-state index in [0.717, 1.165) is 18.3 Å². The first-order chi connectivity index (χ1) is 10.9. The van der Waals surface area contributed by atoms with Crippen molar-refractivity contribution in [3.8, 4) is 6.19 Å². The van der Waals surface area contributed by atoms with Crippen LogP contribution >= 0.6 is 0 Å². The SMILES string of the molecule is N#CN1CCN2CCN(c3cc(C(F)(F)F)ccn3)C(=O)C2C1. The van der Waals surface area contributed by atoms with Crippen LogP contribution in [0.5, 0.6) is 0 Å². The molecule has 1 amide bonds. The third-order valence-corrected chi connectivity index (χ3v) is 4.14. The first kappa shape index (κ1) is 15.6. The van der Waals surface area contributed by atoms with E-state index in [0.29, 0.717) is 19.6 Å².